The van der Waals surface area contributed by atoms with Crippen LogP contribution in [0.15, 0.2) is 42.5 Å². The second-order valence-electron chi connectivity index (χ2n) is 7.97. The van der Waals surface area contributed by atoms with Gasteiger partial charge in [0.25, 0.3) is 5.91 Å². The van der Waals surface area contributed by atoms with Crippen molar-refractivity contribution in [3.63, 3.8) is 0 Å². The van der Waals surface area contributed by atoms with Crippen LogP contribution in [-0.2, 0) is 25.5 Å². The van der Waals surface area contributed by atoms with Crippen LogP contribution >= 0.6 is 0 Å². The minimum absolute atomic E-state index is 0.0301. The van der Waals surface area contributed by atoms with Gasteiger partial charge in [0, 0.05) is 6.04 Å². The zero-order valence-corrected chi connectivity index (χ0v) is 18.2. The molecule has 0 fully saturated rings. The summed E-state index contributed by atoms with van der Waals surface area (Å²) in [5, 5.41) is 7.63. The first-order valence-corrected chi connectivity index (χ1v) is 10.5. The van der Waals surface area contributed by atoms with Crippen molar-refractivity contribution < 1.29 is 19.1 Å². The molecule has 0 aliphatic carbocycles. The maximum atomic E-state index is 12.6. The van der Waals surface area contributed by atoms with Crippen molar-refractivity contribution in [3.8, 4) is 0 Å². The molecule has 0 radical (unpaired) electrons. The Bertz CT molecular complexity index is 873. The lowest BCUT2D eigenvalue weighted by Gasteiger charge is -2.21. The van der Waals surface area contributed by atoms with Crippen molar-refractivity contribution in [3.05, 3.63) is 48.0 Å². The van der Waals surface area contributed by atoms with E-state index < -0.39 is 12.0 Å². The molecule has 2 aromatic rings. The highest BCUT2D eigenvalue weighted by atomic mass is 16.5. The number of rotatable bonds is 10. The van der Waals surface area contributed by atoms with E-state index in [-0.39, 0.29) is 36.8 Å². The molecule has 0 aromatic heterocycles. The lowest BCUT2D eigenvalue weighted by atomic mass is 10.0. The van der Waals surface area contributed by atoms with Crippen molar-refractivity contribution in [2.45, 2.75) is 59.0 Å². The zero-order chi connectivity index (χ0) is 22.1. The molecule has 162 valence electrons. The average Bonchev–Trinajstić information content (AvgIpc) is 2.70. The van der Waals surface area contributed by atoms with E-state index in [9.17, 15) is 14.4 Å². The smallest absolute Gasteiger partial charge is 0.329 e. The van der Waals surface area contributed by atoms with Crippen molar-refractivity contribution in [2.24, 2.45) is 5.92 Å². The predicted octanol–water partition coefficient (Wildman–Crippen LogP) is 3.37. The summed E-state index contributed by atoms with van der Waals surface area (Å²) in [4.78, 5) is 37.1. The van der Waals surface area contributed by atoms with E-state index in [1.54, 1.807) is 0 Å². The number of amides is 2. The number of nitrogens with one attached hydrogen (secondary N) is 2. The number of benzene rings is 2. The van der Waals surface area contributed by atoms with Gasteiger partial charge in [-0.2, -0.15) is 0 Å². The monoisotopic (exact) mass is 412 g/mol. The number of esters is 1. The van der Waals surface area contributed by atoms with Crippen molar-refractivity contribution in [1.82, 2.24) is 10.6 Å². The summed E-state index contributed by atoms with van der Waals surface area (Å²) in [6.07, 6.45) is 1.98. The molecule has 6 nitrogen and oxygen atoms in total. The highest BCUT2D eigenvalue weighted by Gasteiger charge is 2.26. The fraction of sp³-hybridized carbons (Fsp3) is 0.458. The number of carbonyl (C=O) groups excluding carboxylic acids is 3. The first kappa shape index (κ1) is 23.4. The molecule has 0 heterocycles. The molecule has 2 rings (SSSR count). The molecule has 30 heavy (non-hydrogen) atoms. The SMILES string of the molecule is CCC[C@@H](C)NC(=O)COC(=O)[C@H](NC(=O)Cc1cccc2ccccc12)C(C)C. The van der Waals surface area contributed by atoms with Gasteiger partial charge < -0.3 is 15.4 Å². The first-order chi connectivity index (χ1) is 14.3. The van der Waals surface area contributed by atoms with Crippen LogP contribution < -0.4 is 10.6 Å². The third kappa shape index (κ3) is 6.87. The Morgan fingerprint density at radius 3 is 2.33 bits per heavy atom. The van der Waals surface area contributed by atoms with Crippen molar-refractivity contribution >= 4 is 28.6 Å². The van der Waals surface area contributed by atoms with Crippen LogP contribution in [0, 0.1) is 5.92 Å². The number of fused-ring (bicyclic) bond motifs is 1. The van der Waals surface area contributed by atoms with Gasteiger partial charge in [-0.25, -0.2) is 4.79 Å². The summed E-state index contributed by atoms with van der Waals surface area (Å²) in [7, 11) is 0. The Balaban J connectivity index is 1.95. The minimum Gasteiger partial charge on any atom is -0.454 e. The van der Waals surface area contributed by atoms with Gasteiger partial charge in [0.05, 0.1) is 6.42 Å². The molecular formula is C24H32N2O4. The van der Waals surface area contributed by atoms with Gasteiger partial charge >= 0.3 is 5.97 Å². The van der Waals surface area contributed by atoms with Gasteiger partial charge in [-0.15, -0.1) is 0 Å². The summed E-state index contributed by atoms with van der Waals surface area (Å²) in [5.41, 5.74) is 0.894. The number of hydrogen-bond acceptors (Lipinski definition) is 4. The van der Waals surface area contributed by atoms with Crippen LogP contribution in [-0.4, -0.2) is 36.5 Å². The molecule has 6 heteroatoms. The van der Waals surface area contributed by atoms with Crippen molar-refractivity contribution in [1.29, 1.82) is 0 Å². The van der Waals surface area contributed by atoms with E-state index in [0.29, 0.717) is 0 Å². The molecule has 2 amide bonds. The molecule has 0 aliphatic rings. The summed E-state index contributed by atoms with van der Waals surface area (Å²) >= 11 is 0. The lowest BCUT2D eigenvalue weighted by molar-refractivity contribution is -0.152. The molecular weight excluding hydrogens is 380 g/mol. The topological polar surface area (TPSA) is 84.5 Å². The van der Waals surface area contributed by atoms with Crippen LogP contribution in [0.25, 0.3) is 10.8 Å². The Kier molecular flexibility index (Phi) is 8.84. The first-order valence-electron chi connectivity index (χ1n) is 10.5. The van der Waals surface area contributed by atoms with Gasteiger partial charge in [-0.1, -0.05) is 69.7 Å². The molecule has 0 unspecified atom stereocenters. The molecule has 2 N–H and O–H groups in total. The highest BCUT2D eigenvalue weighted by Crippen LogP contribution is 2.19. The Hall–Kier alpha value is -2.89. The van der Waals surface area contributed by atoms with E-state index in [1.807, 2.05) is 70.2 Å². The van der Waals surface area contributed by atoms with E-state index in [2.05, 4.69) is 10.6 Å². The van der Waals surface area contributed by atoms with E-state index in [0.717, 1.165) is 29.2 Å². The quantitative estimate of drug-likeness (QED) is 0.586. The Labute approximate surface area is 178 Å². The van der Waals surface area contributed by atoms with Crippen molar-refractivity contribution in [2.75, 3.05) is 6.61 Å². The average molecular weight is 413 g/mol. The fourth-order valence-corrected chi connectivity index (χ4v) is 3.39. The van der Waals surface area contributed by atoms with Gasteiger partial charge in [0.15, 0.2) is 6.61 Å². The predicted molar refractivity (Wildman–Crippen MR) is 118 cm³/mol. The van der Waals surface area contributed by atoms with Gasteiger partial charge in [-0.05, 0) is 35.6 Å². The lowest BCUT2D eigenvalue weighted by Crippen LogP contribution is -2.47. The van der Waals surface area contributed by atoms with E-state index in [4.69, 9.17) is 4.74 Å². The normalized spacial score (nSPS) is 13.0. The molecule has 0 saturated carbocycles. The zero-order valence-electron chi connectivity index (χ0n) is 18.2. The summed E-state index contributed by atoms with van der Waals surface area (Å²) < 4.78 is 5.16. The highest BCUT2D eigenvalue weighted by molar-refractivity contribution is 5.92. The third-order valence-corrected chi connectivity index (χ3v) is 4.94. The van der Waals surface area contributed by atoms with Crippen LogP contribution in [0.2, 0.25) is 0 Å². The number of ether oxygens (including phenoxy) is 1. The van der Waals surface area contributed by atoms with Crippen LogP contribution in [0.5, 0.6) is 0 Å². The summed E-state index contributed by atoms with van der Waals surface area (Å²) in [6, 6.07) is 12.9. The number of carbonyl (C=O) groups is 3. The van der Waals surface area contributed by atoms with Gasteiger partial charge in [0.2, 0.25) is 5.91 Å². The van der Waals surface area contributed by atoms with Crippen LogP contribution in [0.1, 0.15) is 46.1 Å². The molecule has 2 atom stereocenters. The van der Waals surface area contributed by atoms with Gasteiger partial charge in [0.1, 0.15) is 6.04 Å². The summed E-state index contributed by atoms with van der Waals surface area (Å²) in [6.45, 7) is 7.25. The third-order valence-electron chi connectivity index (χ3n) is 4.94. The second-order valence-corrected chi connectivity index (χ2v) is 7.97. The Morgan fingerprint density at radius 2 is 1.63 bits per heavy atom. The maximum Gasteiger partial charge on any atom is 0.329 e. The van der Waals surface area contributed by atoms with Gasteiger partial charge in [-0.3, -0.25) is 9.59 Å². The number of hydrogen-bond donors (Lipinski definition) is 2. The van der Waals surface area contributed by atoms with E-state index in [1.165, 1.54) is 0 Å². The fourth-order valence-electron chi connectivity index (χ4n) is 3.39. The largest absolute Gasteiger partial charge is 0.454 e. The molecule has 0 spiro atoms. The van der Waals surface area contributed by atoms with E-state index >= 15 is 0 Å². The molecule has 0 saturated heterocycles. The molecule has 0 aliphatic heterocycles. The molecule has 2 aromatic carbocycles. The maximum absolute atomic E-state index is 12.6. The Morgan fingerprint density at radius 1 is 0.933 bits per heavy atom. The second kappa shape index (κ2) is 11.3. The minimum atomic E-state index is -0.812. The van der Waals surface area contributed by atoms with Crippen LogP contribution in [0.3, 0.4) is 0 Å². The summed E-state index contributed by atoms with van der Waals surface area (Å²) in [5.74, 6) is -1.37. The van der Waals surface area contributed by atoms with Crippen LogP contribution in [0.4, 0.5) is 0 Å². The standard InChI is InChI=1S/C24H32N2O4/c1-5-9-17(4)25-22(28)15-30-24(29)23(16(2)3)26-21(27)14-19-12-8-11-18-10-6-7-13-20(18)19/h6-8,10-13,16-17,23H,5,9,14-15H2,1-4H3,(H,25,28)(H,26,27)/t17-,23-/m1/s1. The molecule has 0 bridgehead atoms.